The van der Waals surface area contributed by atoms with E-state index in [1.165, 1.54) is 21.6 Å². The lowest BCUT2D eigenvalue weighted by atomic mass is 10.3. The van der Waals surface area contributed by atoms with E-state index >= 15 is 0 Å². The van der Waals surface area contributed by atoms with Crippen molar-refractivity contribution in [1.29, 1.82) is 10.5 Å². The Morgan fingerprint density at radius 1 is 1.13 bits per heavy atom. The molecule has 1 aliphatic rings. The van der Waals surface area contributed by atoms with Gasteiger partial charge in [-0.2, -0.15) is 15.6 Å². The molecule has 1 fully saturated rings. The Morgan fingerprint density at radius 2 is 1.83 bits per heavy atom. The maximum absolute atomic E-state index is 12.7. The van der Waals surface area contributed by atoms with E-state index in [0.29, 0.717) is 5.69 Å². The van der Waals surface area contributed by atoms with E-state index in [2.05, 4.69) is 10.4 Å². The molecular formula is C20H15N7O3. The summed E-state index contributed by atoms with van der Waals surface area (Å²) in [5.74, 6) is -0.568. The SMILES string of the molecule is N#Cc1cnn(-c2ccccc2)c1NC(=O)Cn1c(=O)c(C#N)cn(C2CC2)c1=O. The van der Waals surface area contributed by atoms with Crippen LogP contribution in [-0.2, 0) is 11.3 Å². The van der Waals surface area contributed by atoms with Gasteiger partial charge < -0.3 is 5.32 Å². The Balaban J connectivity index is 1.68. The third kappa shape index (κ3) is 3.38. The minimum absolute atomic E-state index is 0.0655. The van der Waals surface area contributed by atoms with Gasteiger partial charge in [-0.1, -0.05) is 18.2 Å². The number of nitrogens with zero attached hydrogens (tertiary/aromatic N) is 6. The summed E-state index contributed by atoms with van der Waals surface area (Å²) in [7, 11) is 0. The van der Waals surface area contributed by atoms with Crippen LogP contribution in [-0.4, -0.2) is 24.8 Å². The summed E-state index contributed by atoms with van der Waals surface area (Å²) in [4.78, 5) is 37.8. The molecule has 2 heterocycles. The highest BCUT2D eigenvalue weighted by Crippen LogP contribution is 2.33. The average Bonchev–Trinajstić information content (AvgIpc) is 3.52. The second kappa shape index (κ2) is 7.53. The van der Waals surface area contributed by atoms with Crippen molar-refractivity contribution in [1.82, 2.24) is 18.9 Å². The van der Waals surface area contributed by atoms with Gasteiger partial charge in [-0.15, -0.1) is 0 Å². The number of para-hydroxylation sites is 1. The highest BCUT2D eigenvalue weighted by atomic mass is 16.2. The summed E-state index contributed by atoms with van der Waals surface area (Å²) >= 11 is 0. The van der Waals surface area contributed by atoms with Crippen molar-refractivity contribution in [2.24, 2.45) is 0 Å². The summed E-state index contributed by atoms with van der Waals surface area (Å²) in [5, 5.41) is 25.2. The van der Waals surface area contributed by atoms with Crippen LogP contribution in [0.1, 0.15) is 30.0 Å². The number of aromatic nitrogens is 4. The van der Waals surface area contributed by atoms with E-state index in [9.17, 15) is 24.9 Å². The molecule has 4 rings (SSSR count). The maximum atomic E-state index is 12.7. The van der Waals surface area contributed by atoms with E-state index < -0.39 is 23.7 Å². The molecule has 1 saturated carbocycles. The molecule has 0 bridgehead atoms. The van der Waals surface area contributed by atoms with Crippen LogP contribution >= 0.6 is 0 Å². The van der Waals surface area contributed by atoms with Crippen LogP contribution in [0.15, 0.2) is 52.3 Å². The Morgan fingerprint density at radius 3 is 2.47 bits per heavy atom. The number of hydrogen-bond donors (Lipinski definition) is 1. The summed E-state index contributed by atoms with van der Waals surface area (Å²) in [6, 6.07) is 12.5. The predicted octanol–water partition coefficient (Wildman–Crippen LogP) is 0.913. The first-order valence-corrected chi connectivity index (χ1v) is 9.13. The number of carbonyl (C=O) groups is 1. The van der Waals surface area contributed by atoms with E-state index in [1.807, 2.05) is 12.1 Å². The lowest BCUT2D eigenvalue weighted by Gasteiger charge is -2.12. The highest BCUT2D eigenvalue weighted by molar-refractivity contribution is 5.91. The summed E-state index contributed by atoms with van der Waals surface area (Å²) in [5.41, 5.74) is -0.934. The molecule has 1 aromatic carbocycles. The van der Waals surface area contributed by atoms with Gasteiger partial charge in [0.15, 0.2) is 5.82 Å². The Bertz CT molecular complexity index is 1330. The standard InChI is InChI=1S/C20H15N7O3/c21-8-13-10-23-27(16-4-2-1-3-5-16)18(13)24-17(28)12-26-19(29)14(9-22)11-25(20(26)30)15-6-7-15/h1-5,10-11,15H,6-7,12H2,(H,24,28). The van der Waals surface area contributed by atoms with Crippen molar-refractivity contribution in [2.45, 2.75) is 25.4 Å². The van der Waals surface area contributed by atoms with Gasteiger partial charge in [0.2, 0.25) is 5.91 Å². The quantitative estimate of drug-likeness (QED) is 0.674. The second-order valence-corrected chi connectivity index (χ2v) is 6.78. The molecule has 30 heavy (non-hydrogen) atoms. The fraction of sp³-hybridized carbons (Fsp3) is 0.200. The third-order valence-corrected chi connectivity index (χ3v) is 4.71. The molecule has 0 spiro atoms. The van der Waals surface area contributed by atoms with Gasteiger partial charge in [-0.3, -0.25) is 14.2 Å². The zero-order chi connectivity index (χ0) is 21.3. The molecule has 0 radical (unpaired) electrons. The lowest BCUT2D eigenvalue weighted by Crippen LogP contribution is -2.43. The molecule has 3 aromatic rings. The van der Waals surface area contributed by atoms with Crippen LogP contribution in [0.2, 0.25) is 0 Å². The summed E-state index contributed by atoms with van der Waals surface area (Å²) < 4.78 is 3.44. The molecule has 0 saturated heterocycles. The number of rotatable bonds is 5. The number of nitrogens with one attached hydrogen (secondary N) is 1. The van der Waals surface area contributed by atoms with Gasteiger partial charge in [-0.25, -0.2) is 14.0 Å². The monoisotopic (exact) mass is 401 g/mol. The van der Waals surface area contributed by atoms with Crippen molar-refractivity contribution in [2.75, 3.05) is 5.32 Å². The van der Waals surface area contributed by atoms with E-state index in [-0.39, 0.29) is 23.0 Å². The maximum Gasteiger partial charge on any atom is 0.331 e. The summed E-state index contributed by atoms with van der Waals surface area (Å²) in [6.45, 7) is -0.593. The molecule has 148 valence electrons. The average molecular weight is 401 g/mol. The van der Waals surface area contributed by atoms with Gasteiger partial charge in [0.25, 0.3) is 5.56 Å². The largest absolute Gasteiger partial charge is 0.331 e. The molecule has 1 aliphatic carbocycles. The summed E-state index contributed by atoms with van der Waals surface area (Å²) in [6.07, 6.45) is 4.11. The molecule has 2 aromatic heterocycles. The van der Waals surface area contributed by atoms with Crippen molar-refractivity contribution in [3.05, 3.63) is 74.7 Å². The third-order valence-electron chi connectivity index (χ3n) is 4.71. The predicted molar refractivity (Wildman–Crippen MR) is 105 cm³/mol. The molecule has 1 N–H and O–H groups in total. The van der Waals surface area contributed by atoms with Crippen molar-refractivity contribution < 1.29 is 4.79 Å². The first kappa shape index (κ1) is 18.9. The molecular weight excluding hydrogens is 386 g/mol. The van der Waals surface area contributed by atoms with Crippen LogP contribution in [0, 0.1) is 22.7 Å². The zero-order valence-corrected chi connectivity index (χ0v) is 15.6. The molecule has 10 heteroatoms. The molecule has 0 aliphatic heterocycles. The van der Waals surface area contributed by atoms with Crippen LogP contribution in [0.5, 0.6) is 0 Å². The number of anilines is 1. The van der Waals surface area contributed by atoms with Gasteiger partial charge in [0.1, 0.15) is 29.8 Å². The fourth-order valence-corrected chi connectivity index (χ4v) is 3.08. The molecule has 1 amide bonds. The van der Waals surface area contributed by atoms with Gasteiger partial charge in [0.05, 0.1) is 11.9 Å². The zero-order valence-electron chi connectivity index (χ0n) is 15.6. The number of benzene rings is 1. The van der Waals surface area contributed by atoms with E-state index in [0.717, 1.165) is 17.4 Å². The number of hydrogen-bond acceptors (Lipinski definition) is 6. The molecule has 0 unspecified atom stereocenters. The van der Waals surface area contributed by atoms with E-state index in [1.54, 1.807) is 30.3 Å². The van der Waals surface area contributed by atoms with E-state index in [4.69, 9.17) is 0 Å². The van der Waals surface area contributed by atoms with Crippen LogP contribution in [0.25, 0.3) is 5.69 Å². The Labute approximate surface area is 169 Å². The van der Waals surface area contributed by atoms with Crippen LogP contribution in [0.4, 0.5) is 5.82 Å². The second-order valence-electron chi connectivity index (χ2n) is 6.78. The first-order valence-electron chi connectivity index (χ1n) is 9.13. The molecule has 10 nitrogen and oxygen atoms in total. The number of nitriles is 2. The highest BCUT2D eigenvalue weighted by Gasteiger charge is 2.27. The smallest absolute Gasteiger partial charge is 0.308 e. The topological polar surface area (TPSA) is 138 Å². The minimum Gasteiger partial charge on any atom is -0.308 e. The van der Waals surface area contributed by atoms with Crippen molar-refractivity contribution in [3.63, 3.8) is 0 Å². The lowest BCUT2D eigenvalue weighted by molar-refractivity contribution is -0.116. The number of amides is 1. The van der Waals surface area contributed by atoms with Crippen molar-refractivity contribution in [3.8, 4) is 17.8 Å². The Hall–Kier alpha value is -4.44. The fourth-order valence-electron chi connectivity index (χ4n) is 3.08. The molecule has 0 atom stereocenters. The van der Waals surface area contributed by atoms with Crippen LogP contribution in [0.3, 0.4) is 0 Å². The number of carbonyl (C=O) groups excluding carboxylic acids is 1. The van der Waals surface area contributed by atoms with Crippen LogP contribution < -0.4 is 16.6 Å². The first-order chi connectivity index (χ1) is 14.5. The van der Waals surface area contributed by atoms with Gasteiger partial charge in [-0.05, 0) is 25.0 Å². The normalized spacial score (nSPS) is 12.7. The van der Waals surface area contributed by atoms with Gasteiger partial charge in [0, 0.05) is 12.2 Å². The Kier molecular flexibility index (Phi) is 4.74. The van der Waals surface area contributed by atoms with Crippen molar-refractivity contribution >= 4 is 11.7 Å². The van der Waals surface area contributed by atoms with Gasteiger partial charge >= 0.3 is 5.69 Å². The minimum atomic E-state index is -0.827.